The monoisotopic (exact) mass is 218 g/mol. The number of carbonyl (C=O) groups excluding carboxylic acids is 1. The second kappa shape index (κ2) is 4.92. The van der Waals surface area contributed by atoms with Crippen LogP contribution in [0, 0.1) is 17.8 Å². The first kappa shape index (κ1) is 12.4. The lowest BCUT2D eigenvalue weighted by Crippen LogP contribution is -2.45. The maximum Gasteiger partial charge on any atom is 0.302 e. The number of hydrogen-bond acceptors (Lipinski definition) is 3. The summed E-state index contributed by atoms with van der Waals surface area (Å²) < 4.78 is 23.5. The van der Waals surface area contributed by atoms with E-state index in [0.29, 0.717) is 0 Å². The van der Waals surface area contributed by atoms with Gasteiger partial charge in [-0.3, -0.25) is 4.79 Å². The summed E-state index contributed by atoms with van der Waals surface area (Å²) >= 11 is 0. The van der Waals surface area contributed by atoms with Gasteiger partial charge in [0.15, 0.2) is 0 Å². The summed E-state index contributed by atoms with van der Waals surface area (Å²) in [7, 11) is 0. The molecule has 0 N–H and O–H groups in total. The normalized spacial score (nSPS) is 41.3. The van der Waals surface area contributed by atoms with Crippen LogP contribution in [0.25, 0.3) is 0 Å². The quantitative estimate of drug-likeness (QED) is 0.666. The molecule has 0 aromatic rings. The van der Waals surface area contributed by atoms with E-state index in [2.05, 4.69) is 0 Å². The van der Waals surface area contributed by atoms with E-state index in [4.69, 9.17) is 9.47 Å². The summed E-state index contributed by atoms with van der Waals surface area (Å²) in [5.74, 6) is -0.0262. The lowest BCUT2D eigenvalue weighted by molar-refractivity contribution is -0.203. The van der Waals surface area contributed by atoms with Gasteiger partial charge in [0.1, 0.15) is 6.61 Å². The average molecular weight is 218 g/mol. The molecule has 0 aromatic carbocycles. The highest BCUT2D eigenvalue weighted by Crippen LogP contribution is 2.35. The molecule has 15 heavy (non-hydrogen) atoms. The van der Waals surface area contributed by atoms with Crippen LogP contribution >= 0.6 is 0 Å². The number of esters is 1. The van der Waals surface area contributed by atoms with Gasteiger partial charge in [-0.25, -0.2) is 4.39 Å². The van der Waals surface area contributed by atoms with Crippen molar-refractivity contribution in [2.45, 2.75) is 40.2 Å². The molecule has 1 heterocycles. The third kappa shape index (κ3) is 2.91. The van der Waals surface area contributed by atoms with Crippen molar-refractivity contribution in [3.63, 3.8) is 0 Å². The highest BCUT2D eigenvalue weighted by atomic mass is 19.1. The van der Waals surface area contributed by atoms with E-state index in [-0.39, 0.29) is 36.4 Å². The lowest BCUT2D eigenvalue weighted by atomic mass is 9.79. The second-order valence-corrected chi connectivity index (χ2v) is 4.41. The number of carbonyl (C=O) groups is 1. The van der Waals surface area contributed by atoms with Crippen molar-refractivity contribution in [3.05, 3.63) is 0 Å². The fourth-order valence-electron chi connectivity index (χ4n) is 1.86. The zero-order chi connectivity index (χ0) is 11.6. The summed E-state index contributed by atoms with van der Waals surface area (Å²) in [4.78, 5) is 10.6. The van der Waals surface area contributed by atoms with Crippen LogP contribution in [0.3, 0.4) is 0 Å². The van der Waals surface area contributed by atoms with E-state index in [0.717, 1.165) is 0 Å². The third-order valence-corrected chi connectivity index (χ3v) is 3.41. The molecule has 0 aliphatic carbocycles. The highest BCUT2D eigenvalue weighted by molar-refractivity contribution is 5.65. The van der Waals surface area contributed by atoms with Gasteiger partial charge in [0.05, 0.1) is 6.10 Å². The predicted molar refractivity (Wildman–Crippen MR) is 53.9 cm³/mol. The van der Waals surface area contributed by atoms with Gasteiger partial charge in [-0.15, -0.1) is 0 Å². The van der Waals surface area contributed by atoms with Crippen LogP contribution in [0.1, 0.15) is 27.7 Å². The van der Waals surface area contributed by atoms with Crippen molar-refractivity contribution in [1.29, 1.82) is 0 Å². The summed E-state index contributed by atoms with van der Waals surface area (Å²) in [5, 5.41) is 0. The van der Waals surface area contributed by atoms with Crippen molar-refractivity contribution in [1.82, 2.24) is 0 Å². The third-order valence-electron chi connectivity index (χ3n) is 3.41. The standard InChI is InChI=1S/C11H19FO3/c1-6-7(2)10(5-14-9(4)13)15-11(12)8(6)3/h6-8,10-11H,5H2,1-4H3/t6-,7-,8?,10?,11?/m0/s1. The number of hydrogen-bond donors (Lipinski definition) is 0. The van der Waals surface area contributed by atoms with Gasteiger partial charge in [0.25, 0.3) is 0 Å². The van der Waals surface area contributed by atoms with Crippen molar-refractivity contribution in [3.8, 4) is 0 Å². The molecule has 1 aliphatic heterocycles. The van der Waals surface area contributed by atoms with Gasteiger partial charge in [-0.2, -0.15) is 0 Å². The summed E-state index contributed by atoms with van der Waals surface area (Å²) in [6, 6.07) is 0. The molecule has 1 aliphatic rings. The van der Waals surface area contributed by atoms with Crippen LogP contribution in [0.15, 0.2) is 0 Å². The Morgan fingerprint density at radius 1 is 1.27 bits per heavy atom. The molecule has 88 valence electrons. The van der Waals surface area contributed by atoms with Crippen LogP contribution < -0.4 is 0 Å². The molecule has 1 saturated heterocycles. The van der Waals surface area contributed by atoms with Gasteiger partial charge in [0, 0.05) is 12.8 Å². The molecule has 5 atom stereocenters. The first-order chi connectivity index (χ1) is 6.93. The lowest BCUT2D eigenvalue weighted by Gasteiger charge is -2.40. The molecule has 0 spiro atoms. The Labute approximate surface area is 89.9 Å². The van der Waals surface area contributed by atoms with Crippen LogP contribution in [0.4, 0.5) is 4.39 Å². The van der Waals surface area contributed by atoms with Gasteiger partial charge < -0.3 is 9.47 Å². The van der Waals surface area contributed by atoms with Crippen LogP contribution in [0.2, 0.25) is 0 Å². The minimum absolute atomic E-state index is 0.103. The number of halogens is 1. The van der Waals surface area contributed by atoms with E-state index in [9.17, 15) is 9.18 Å². The summed E-state index contributed by atoms with van der Waals surface area (Å²) in [6.07, 6.45) is -1.58. The topological polar surface area (TPSA) is 35.5 Å². The molecule has 0 amide bonds. The molecule has 1 rings (SSSR count). The molecular formula is C11H19FO3. The van der Waals surface area contributed by atoms with Crippen molar-refractivity contribution in [2.75, 3.05) is 6.61 Å². The number of alkyl halides is 1. The van der Waals surface area contributed by atoms with Crippen molar-refractivity contribution < 1.29 is 18.7 Å². The van der Waals surface area contributed by atoms with E-state index >= 15 is 0 Å². The van der Waals surface area contributed by atoms with Crippen molar-refractivity contribution in [2.24, 2.45) is 17.8 Å². The van der Waals surface area contributed by atoms with Crippen LogP contribution in [-0.4, -0.2) is 25.0 Å². The van der Waals surface area contributed by atoms with E-state index in [1.807, 2.05) is 20.8 Å². The Hall–Kier alpha value is -0.640. The molecule has 0 saturated carbocycles. The molecule has 3 unspecified atom stereocenters. The van der Waals surface area contributed by atoms with E-state index in [1.165, 1.54) is 6.92 Å². The maximum absolute atomic E-state index is 13.4. The number of rotatable bonds is 2. The molecule has 4 heteroatoms. The minimum atomic E-state index is -1.25. The second-order valence-electron chi connectivity index (χ2n) is 4.41. The van der Waals surface area contributed by atoms with Crippen LogP contribution in [0.5, 0.6) is 0 Å². The molecule has 0 radical (unpaired) electrons. The first-order valence-electron chi connectivity index (χ1n) is 5.36. The zero-order valence-corrected chi connectivity index (χ0v) is 9.70. The predicted octanol–water partition coefficient (Wildman–Crippen LogP) is 2.15. The molecular weight excluding hydrogens is 199 g/mol. The highest BCUT2D eigenvalue weighted by Gasteiger charge is 2.39. The van der Waals surface area contributed by atoms with E-state index in [1.54, 1.807) is 0 Å². The Bertz CT molecular complexity index is 232. The Morgan fingerprint density at radius 3 is 2.40 bits per heavy atom. The fourth-order valence-corrected chi connectivity index (χ4v) is 1.86. The van der Waals surface area contributed by atoms with Gasteiger partial charge in [-0.05, 0) is 11.8 Å². The largest absolute Gasteiger partial charge is 0.463 e. The summed E-state index contributed by atoms with van der Waals surface area (Å²) in [6.45, 7) is 7.33. The van der Waals surface area contributed by atoms with Crippen molar-refractivity contribution >= 4 is 5.97 Å². The Kier molecular flexibility index (Phi) is 4.08. The number of ether oxygens (including phenoxy) is 2. The van der Waals surface area contributed by atoms with E-state index < -0.39 is 6.36 Å². The zero-order valence-electron chi connectivity index (χ0n) is 9.70. The first-order valence-corrected chi connectivity index (χ1v) is 5.36. The Balaban J connectivity index is 2.54. The van der Waals surface area contributed by atoms with Gasteiger partial charge in [0.2, 0.25) is 6.36 Å². The summed E-state index contributed by atoms with van der Waals surface area (Å²) in [5.41, 5.74) is 0. The molecule has 0 bridgehead atoms. The van der Waals surface area contributed by atoms with Gasteiger partial charge >= 0.3 is 5.97 Å². The fraction of sp³-hybridized carbons (Fsp3) is 0.909. The maximum atomic E-state index is 13.4. The average Bonchev–Trinajstić information content (AvgIpc) is 2.18. The smallest absolute Gasteiger partial charge is 0.302 e. The SMILES string of the molecule is CC(=O)OCC1OC(F)C(C)[C@@H](C)[C@@H]1C. The molecule has 0 aromatic heterocycles. The van der Waals surface area contributed by atoms with Gasteiger partial charge in [-0.1, -0.05) is 20.8 Å². The Morgan fingerprint density at radius 2 is 1.87 bits per heavy atom. The van der Waals surface area contributed by atoms with Crippen LogP contribution in [-0.2, 0) is 14.3 Å². The molecule has 1 fully saturated rings. The minimum Gasteiger partial charge on any atom is -0.463 e. The molecule has 3 nitrogen and oxygen atoms in total.